The Morgan fingerprint density at radius 1 is 0.810 bits per heavy atom. The molecule has 2 saturated heterocycles. The van der Waals surface area contributed by atoms with Crippen LogP contribution in [0, 0.1) is 64.1 Å². The lowest BCUT2D eigenvalue weighted by Gasteiger charge is -2.68. The monoisotopic (exact) mass is 573 g/mol. The van der Waals surface area contributed by atoms with E-state index in [0.29, 0.717) is 53.4 Å². The standard InChI is InChI=1S/C38H55NO3/c1-23-8-9-34-38(42)15-10-25(16-24-6-3-2-4-7-24)27-18-30-28(29(35(27)38)22-39(34)21-23)19-33-36-12-5-13-37(30,33)20-32(41)31(36)17-26(40)11-14-36/h2-4,6-7,23,25-35,40-42H,5,8-22H2,1H3/t23-,25+,26+,27-,28+,29+,30-,31-,32+,33+,34-,35+,36+,37+,38+/m1/s1. The summed E-state index contributed by atoms with van der Waals surface area (Å²) in [5, 5.41) is 35.6. The zero-order valence-electron chi connectivity index (χ0n) is 25.9. The Kier molecular flexibility index (Phi) is 6.22. The third-order valence-corrected chi connectivity index (χ3v) is 16.1. The van der Waals surface area contributed by atoms with Crippen LogP contribution in [0.1, 0.15) is 96.0 Å². The second-order valence-corrected chi connectivity index (χ2v) is 17.4. The number of rotatable bonds is 2. The number of aliphatic hydroxyl groups is 3. The summed E-state index contributed by atoms with van der Waals surface area (Å²) in [6.07, 6.45) is 15.7. The molecule has 6 aliphatic carbocycles. The van der Waals surface area contributed by atoms with Gasteiger partial charge in [0.1, 0.15) is 0 Å². The number of aliphatic hydroxyl groups excluding tert-OH is 2. The van der Waals surface area contributed by atoms with Crippen LogP contribution in [0.5, 0.6) is 0 Å². The van der Waals surface area contributed by atoms with Crippen LogP contribution < -0.4 is 0 Å². The fourth-order valence-corrected chi connectivity index (χ4v) is 14.9. The summed E-state index contributed by atoms with van der Waals surface area (Å²) in [5.41, 5.74) is 1.48. The van der Waals surface area contributed by atoms with Crippen molar-refractivity contribution in [3.63, 3.8) is 0 Å². The van der Waals surface area contributed by atoms with Crippen LogP contribution in [-0.2, 0) is 6.42 Å². The summed E-state index contributed by atoms with van der Waals surface area (Å²) in [6.45, 7) is 4.81. The number of nitrogens with zero attached hydrogens (tertiary/aromatic N) is 1. The predicted octanol–water partition coefficient (Wildman–Crippen LogP) is 6.07. The molecule has 0 unspecified atom stereocenters. The molecule has 42 heavy (non-hydrogen) atoms. The molecule has 4 nitrogen and oxygen atoms in total. The minimum atomic E-state index is -0.526. The molecule has 2 bridgehead atoms. The molecular weight excluding hydrogens is 518 g/mol. The molecule has 1 spiro atoms. The highest BCUT2D eigenvalue weighted by molar-refractivity contribution is 5.24. The summed E-state index contributed by atoms with van der Waals surface area (Å²) in [6, 6.07) is 11.6. The lowest BCUT2D eigenvalue weighted by molar-refractivity contribution is -0.239. The van der Waals surface area contributed by atoms with Gasteiger partial charge in [-0.3, -0.25) is 4.90 Å². The molecule has 8 fully saturated rings. The van der Waals surface area contributed by atoms with E-state index in [0.717, 1.165) is 44.4 Å². The molecule has 0 amide bonds. The summed E-state index contributed by atoms with van der Waals surface area (Å²) < 4.78 is 0. The second kappa shape index (κ2) is 9.54. The zero-order valence-corrected chi connectivity index (χ0v) is 25.9. The van der Waals surface area contributed by atoms with Gasteiger partial charge in [0, 0.05) is 19.1 Å². The molecule has 15 atom stereocenters. The number of benzene rings is 1. The molecule has 0 aromatic heterocycles. The van der Waals surface area contributed by atoms with E-state index in [-0.39, 0.29) is 23.0 Å². The number of piperidine rings is 2. The first-order chi connectivity index (χ1) is 20.3. The van der Waals surface area contributed by atoms with Gasteiger partial charge in [0.15, 0.2) is 0 Å². The Balaban J connectivity index is 1.13. The summed E-state index contributed by atoms with van der Waals surface area (Å²) in [7, 11) is 0. The van der Waals surface area contributed by atoms with Gasteiger partial charge in [-0.25, -0.2) is 0 Å². The fourth-order valence-electron chi connectivity index (χ4n) is 14.9. The maximum Gasteiger partial charge on any atom is 0.0836 e. The van der Waals surface area contributed by atoms with E-state index in [1.807, 2.05) is 0 Å². The van der Waals surface area contributed by atoms with Crippen molar-refractivity contribution < 1.29 is 15.3 Å². The van der Waals surface area contributed by atoms with Crippen molar-refractivity contribution in [3.8, 4) is 0 Å². The third kappa shape index (κ3) is 3.62. The SMILES string of the molecule is C[C@@H]1CC[C@H]2N(C1)C[C@H]1[C@@H]3C[C@@H]4[C@]5(CCC[C@@]46CC[C@H](O)C[C@@H]6[C@@H](O)C5)[C@@H]3C[C@@H]3[C@H](Cc4ccccc4)CC[C@@]2(O)[C@@H]31. The Morgan fingerprint density at radius 2 is 1.64 bits per heavy atom. The molecule has 3 N–H and O–H groups in total. The molecule has 9 rings (SSSR count). The van der Waals surface area contributed by atoms with Gasteiger partial charge in [0.2, 0.25) is 0 Å². The summed E-state index contributed by atoms with van der Waals surface area (Å²) in [5.74, 6) is 5.45. The highest BCUT2D eigenvalue weighted by Crippen LogP contribution is 2.77. The molecule has 1 aromatic carbocycles. The molecule has 230 valence electrons. The lowest BCUT2D eigenvalue weighted by Crippen LogP contribution is -2.72. The molecule has 4 heteroatoms. The van der Waals surface area contributed by atoms with Crippen LogP contribution in [0.2, 0.25) is 0 Å². The van der Waals surface area contributed by atoms with Crippen LogP contribution in [0.3, 0.4) is 0 Å². The van der Waals surface area contributed by atoms with Crippen LogP contribution in [0.25, 0.3) is 0 Å². The van der Waals surface area contributed by atoms with Gasteiger partial charge in [-0.15, -0.1) is 0 Å². The van der Waals surface area contributed by atoms with Gasteiger partial charge in [-0.2, -0.15) is 0 Å². The van der Waals surface area contributed by atoms with Crippen molar-refractivity contribution in [2.24, 2.45) is 64.1 Å². The van der Waals surface area contributed by atoms with E-state index in [9.17, 15) is 15.3 Å². The molecule has 6 saturated carbocycles. The molecule has 0 radical (unpaired) electrons. The van der Waals surface area contributed by atoms with Gasteiger partial charge in [-0.1, -0.05) is 43.7 Å². The van der Waals surface area contributed by atoms with Gasteiger partial charge < -0.3 is 15.3 Å². The molecular formula is C38H55NO3. The number of hydrogen-bond donors (Lipinski definition) is 3. The van der Waals surface area contributed by atoms with Crippen molar-refractivity contribution >= 4 is 0 Å². The van der Waals surface area contributed by atoms with Crippen LogP contribution >= 0.6 is 0 Å². The van der Waals surface area contributed by atoms with Crippen molar-refractivity contribution in [1.82, 2.24) is 4.90 Å². The topological polar surface area (TPSA) is 63.9 Å². The Morgan fingerprint density at radius 3 is 2.50 bits per heavy atom. The van der Waals surface area contributed by atoms with Crippen molar-refractivity contribution in [2.75, 3.05) is 13.1 Å². The molecule has 8 aliphatic rings. The normalized spacial score (nSPS) is 56.4. The van der Waals surface area contributed by atoms with Gasteiger partial charge in [0.25, 0.3) is 0 Å². The average molecular weight is 574 g/mol. The van der Waals surface area contributed by atoms with Crippen LogP contribution in [0.4, 0.5) is 0 Å². The van der Waals surface area contributed by atoms with Gasteiger partial charge in [-0.05, 0) is 153 Å². The Hall–Kier alpha value is -0.940. The summed E-state index contributed by atoms with van der Waals surface area (Å²) >= 11 is 0. The smallest absolute Gasteiger partial charge is 0.0836 e. The van der Waals surface area contributed by atoms with E-state index >= 15 is 0 Å². The second-order valence-electron chi connectivity index (χ2n) is 17.4. The first-order valence-electron chi connectivity index (χ1n) is 18.2. The van der Waals surface area contributed by atoms with Crippen molar-refractivity contribution in [2.45, 2.75) is 121 Å². The van der Waals surface area contributed by atoms with E-state index in [4.69, 9.17) is 0 Å². The first kappa shape index (κ1) is 27.4. The fraction of sp³-hybridized carbons (Fsp3) is 0.842. The first-order valence-corrected chi connectivity index (χ1v) is 18.2. The minimum Gasteiger partial charge on any atom is -0.393 e. The summed E-state index contributed by atoms with van der Waals surface area (Å²) in [4.78, 5) is 2.80. The highest BCUT2D eigenvalue weighted by atomic mass is 16.3. The Bertz CT molecular complexity index is 1190. The minimum absolute atomic E-state index is 0.221. The van der Waals surface area contributed by atoms with Crippen molar-refractivity contribution in [3.05, 3.63) is 35.9 Å². The maximum absolute atomic E-state index is 13.0. The van der Waals surface area contributed by atoms with Crippen LogP contribution in [-0.4, -0.2) is 57.2 Å². The largest absolute Gasteiger partial charge is 0.393 e. The maximum atomic E-state index is 13.0. The van der Waals surface area contributed by atoms with E-state index < -0.39 is 5.60 Å². The average Bonchev–Trinajstić information content (AvgIpc) is 3.32. The van der Waals surface area contributed by atoms with Crippen LogP contribution in [0.15, 0.2) is 30.3 Å². The van der Waals surface area contributed by atoms with E-state index in [1.54, 1.807) is 0 Å². The van der Waals surface area contributed by atoms with E-state index in [2.05, 4.69) is 42.2 Å². The van der Waals surface area contributed by atoms with Crippen molar-refractivity contribution in [1.29, 1.82) is 0 Å². The third-order valence-electron chi connectivity index (χ3n) is 16.1. The molecule has 2 aliphatic heterocycles. The predicted molar refractivity (Wildman–Crippen MR) is 164 cm³/mol. The molecule has 2 heterocycles. The van der Waals surface area contributed by atoms with Gasteiger partial charge >= 0.3 is 0 Å². The number of fused-ring (bicyclic) bond motifs is 4. The lowest BCUT2D eigenvalue weighted by atomic mass is 9.40. The highest BCUT2D eigenvalue weighted by Gasteiger charge is 2.73. The zero-order chi connectivity index (χ0) is 28.4. The molecule has 1 aromatic rings. The quantitative estimate of drug-likeness (QED) is 0.402. The van der Waals surface area contributed by atoms with E-state index in [1.165, 1.54) is 70.0 Å². The van der Waals surface area contributed by atoms with Gasteiger partial charge in [0.05, 0.1) is 17.8 Å². The number of hydrogen-bond acceptors (Lipinski definition) is 4. The Labute approximate surface area is 253 Å².